The number of halogens is 4. The van der Waals surface area contributed by atoms with Crippen molar-refractivity contribution in [3.05, 3.63) is 68.7 Å². The second-order valence-corrected chi connectivity index (χ2v) is 5.52. The van der Waals surface area contributed by atoms with Gasteiger partial charge < -0.3 is 0 Å². The van der Waals surface area contributed by atoms with E-state index in [0.717, 1.165) is 12.1 Å². The van der Waals surface area contributed by atoms with Crippen molar-refractivity contribution in [1.82, 2.24) is 0 Å². The second kappa shape index (κ2) is 6.33. The average Bonchev–Trinajstić information content (AvgIpc) is 2.41. The van der Waals surface area contributed by atoms with E-state index in [0.29, 0.717) is 15.6 Å². The molecule has 106 valence electrons. The van der Waals surface area contributed by atoms with Crippen LogP contribution in [0.15, 0.2) is 40.9 Å². The summed E-state index contributed by atoms with van der Waals surface area (Å²) in [6, 6.07) is 8.83. The summed E-state index contributed by atoms with van der Waals surface area (Å²) in [6.07, 6.45) is 0. The Morgan fingerprint density at radius 2 is 1.81 bits per heavy atom. The highest BCUT2D eigenvalue weighted by Gasteiger charge is 2.23. The van der Waals surface area contributed by atoms with Gasteiger partial charge in [-0.3, -0.25) is 4.79 Å². The van der Waals surface area contributed by atoms with Crippen molar-refractivity contribution in [3.8, 4) is 6.07 Å². The fraction of sp³-hybridized carbons (Fsp3) is 0.0667. The molecule has 2 aromatic rings. The Hall–Kier alpha value is -1.77. The normalized spacial score (nSPS) is 11.8. The van der Waals surface area contributed by atoms with Crippen molar-refractivity contribution >= 4 is 33.3 Å². The van der Waals surface area contributed by atoms with Crippen molar-refractivity contribution < 1.29 is 13.6 Å². The molecule has 6 heteroatoms. The first-order valence-electron chi connectivity index (χ1n) is 5.77. The maximum atomic E-state index is 13.2. The minimum Gasteiger partial charge on any atom is -0.292 e. The lowest BCUT2D eigenvalue weighted by Gasteiger charge is -2.10. The predicted octanol–water partition coefficient (Wildman–Crippen LogP) is 4.87. The molecule has 0 spiro atoms. The maximum absolute atomic E-state index is 13.2. The van der Waals surface area contributed by atoms with Gasteiger partial charge in [0.15, 0.2) is 5.78 Å². The Morgan fingerprint density at radius 3 is 2.33 bits per heavy atom. The van der Waals surface area contributed by atoms with Gasteiger partial charge in [0, 0.05) is 16.1 Å². The number of rotatable bonds is 3. The van der Waals surface area contributed by atoms with Crippen LogP contribution in [-0.2, 0) is 0 Å². The molecule has 1 unspecified atom stereocenters. The Bertz CT molecular complexity index is 738. The molecule has 0 heterocycles. The van der Waals surface area contributed by atoms with Crippen LogP contribution in [0.5, 0.6) is 0 Å². The Kier molecular flexibility index (Phi) is 4.71. The molecule has 2 rings (SSSR count). The van der Waals surface area contributed by atoms with E-state index in [2.05, 4.69) is 15.9 Å². The third-order valence-corrected chi connectivity index (χ3v) is 4.05. The van der Waals surface area contributed by atoms with Gasteiger partial charge in [0.05, 0.1) is 11.1 Å². The van der Waals surface area contributed by atoms with Crippen LogP contribution in [0, 0.1) is 23.0 Å². The van der Waals surface area contributed by atoms with Gasteiger partial charge in [-0.15, -0.1) is 0 Å². The third kappa shape index (κ3) is 3.46. The number of ketones is 1. The summed E-state index contributed by atoms with van der Waals surface area (Å²) in [5.41, 5.74) is 0.165. The predicted molar refractivity (Wildman–Crippen MR) is 78.2 cm³/mol. The lowest BCUT2D eigenvalue weighted by Crippen LogP contribution is -2.12. The standard InChI is InChI=1S/C15H7BrClF2NO/c16-13-2-1-8(5-14(13)17)15(21)12(7-20)9-3-10(18)6-11(19)4-9/h1-6,12H. The van der Waals surface area contributed by atoms with Crippen LogP contribution in [0.4, 0.5) is 8.78 Å². The summed E-state index contributed by atoms with van der Waals surface area (Å²) in [7, 11) is 0. The molecule has 0 fully saturated rings. The smallest absolute Gasteiger partial charge is 0.184 e. The van der Waals surface area contributed by atoms with Crippen LogP contribution in [-0.4, -0.2) is 5.78 Å². The number of carbonyl (C=O) groups is 1. The Morgan fingerprint density at radius 1 is 1.19 bits per heavy atom. The van der Waals surface area contributed by atoms with Crippen LogP contribution in [0.3, 0.4) is 0 Å². The lowest BCUT2D eigenvalue weighted by atomic mass is 9.92. The summed E-state index contributed by atoms with van der Waals surface area (Å²) in [5.74, 6) is -3.55. The highest BCUT2D eigenvalue weighted by Crippen LogP contribution is 2.27. The van der Waals surface area contributed by atoms with E-state index in [-0.39, 0.29) is 11.1 Å². The Labute approximate surface area is 133 Å². The summed E-state index contributed by atoms with van der Waals surface area (Å²) < 4.78 is 27.0. The van der Waals surface area contributed by atoms with E-state index in [4.69, 9.17) is 16.9 Å². The number of carbonyl (C=O) groups excluding carboxylic acids is 1. The first-order chi connectivity index (χ1) is 9.92. The molecule has 0 aliphatic heterocycles. The van der Waals surface area contributed by atoms with E-state index in [9.17, 15) is 13.6 Å². The topological polar surface area (TPSA) is 40.9 Å². The van der Waals surface area contributed by atoms with E-state index in [1.165, 1.54) is 12.1 Å². The molecule has 0 aliphatic carbocycles. The van der Waals surface area contributed by atoms with Gasteiger partial charge in [0.2, 0.25) is 0 Å². The van der Waals surface area contributed by atoms with E-state index >= 15 is 0 Å². The number of nitrogens with zero attached hydrogens (tertiary/aromatic N) is 1. The van der Waals surface area contributed by atoms with Crippen molar-refractivity contribution in [2.45, 2.75) is 5.92 Å². The van der Waals surface area contributed by atoms with E-state index in [1.54, 1.807) is 12.1 Å². The zero-order valence-corrected chi connectivity index (χ0v) is 12.8. The molecular weight excluding hydrogens is 364 g/mol. The highest BCUT2D eigenvalue weighted by molar-refractivity contribution is 9.10. The van der Waals surface area contributed by atoms with Crippen molar-refractivity contribution in [1.29, 1.82) is 5.26 Å². The molecule has 2 aromatic carbocycles. The van der Waals surface area contributed by atoms with Gasteiger partial charge in [-0.1, -0.05) is 17.7 Å². The number of hydrogen-bond donors (Lipinski definition) is 0. The van der Waals surface area contributed by atoms with Crippen molar-refractivity contribution in [2.24, 2.45) is 0 Å². The maximum Gasteiger partial charge on any atom is 0.184 e. The minimum absolute atomic E-state index is 0.0287. The fourth-order valence-corrected chi connectivity index (χ4v) is 2.27. The van der Waals surface area contributed by atoms with Crippen LogP contribution in [0.25, 0.3) is 0 Å². The quantitative estimate of drug-likeness (QED) is 0.723. The summed E-state index contributed by atoms with van der Waals surface area (Å²) in [4.78, 5) is 12.3. The highest BCUT2D eigenvalue weighted by atomic mass is 79.9. The number of Topliss-reactive ketones (excluding diaryl/α,β-unsaturated/α-hetero) is 1. The zero-order chi connectivity index (χ0) is 15.6. The van der Waals surface area contributed by atoms with Crippen LogP contribution in [0.2, 0.25) is 5.02 Å². The van der Waals surface area contributed by atoms with Gasteiger partial charge in [-0.2, -0.15) is 5.26 Å². The van der Waals surface area contributed by atoms with Crippen LogP contribution < -0.4 is 0 Å². The molecule has 1 atom stereocenters. The van der Waals surface area contributed by atoms with Gasteiger partial charge in [-0.05, 0) is 45.8 Å². The number of nitriles is 1. The summed E-state index contributed by atoms with van der Waals surface area (Å²) in [6.45, 7) is 0. The monoisotopic (exact) mass is 369 g/mol. The van der Waals surface area contributed by atoms with Crippen LogP contribution >= 0.6 is 27.5 Å². The van der Waals surface area contributed by atoms with E-state index < -0.39 is 23.3 Å². The second-order valence-electron chi connectivity index (χ2n) is 4.26. The molecule has 2 nitrogen and oxygen atoms in total. The summed E-state index contributed by atoms with van der Waals surface area (Å²) in [5, 5.41) is 9.47. The fourth-order valence-electron chi connectivity index (χ4n) is 1.84. The number of hydrogen-bond acceptors (Lipinski definition) is 2. The third-order valence-electron chi connectivity index (χ3n) is 2.81. The average molecular weight is 371 g/mol. The molecular formula is C15H7BrClF2NO. The van der Waals surface area contributed by atoms with Crippen molar-refractivity contribution in [2.75, 3.05) is 0 Å². The number of benzene rings is 2. The van der Waals surface area contributed by atoms with Gasteiger partial charge in [-0.25, -0.2) is 8.78 Å². The van der Waals surface area contributed by atoms with Crippen LogP contribution in [0.1, 0.15) is 21.8 Å². The summed E-state index contributed by atoms with van der Waals surface area (Å²) >= 11 is 9.09. The van der Waals surface area contributed by atoms with Gasteiger partial charge >= 0.3 is 0 Å². The largest absolute Gasteiger partial charge is 0.292 e. The first kappa shape index (κ1) is 15.6. The SMILES string of the molecule is N#CC(C(=O)c1ccc(Br)c(Cl)c1)c1cc(F)cc(F)c1. The van der Waals surface area contributed by atoms with Gasteiger partial charge in [0.1, 0.15) is 17.6 Å². The zero-order valence-electron chi connectivity index (χ0n) is 10.4. The molecule has 0 saturated heterocycles. The molecule has 0 aromatic heterocycles. The molecule has 0 radical (unpaired) electrons. The molecule has 0 aliphatic rings. The van der Waals surface area contributed by atoms with Gasteiger partial charge in [0.25, 0.3) is 0 Å². The minimum atomic E-state index is -1.30. The molecule has 21 heavy (non-hydrogen) atoms. The molecule has 0 saturated carbocycles. The molecule has 0 amide bonds. The lowest BCUT2D eigenvalue weighted by molar-refractivity contribution is 0.0979. The first-order valence-corrected chi connectivity index (χ1v) is 6.94. The Balaban J connectivity index is 2.43. The molecule has 0 N–H and O–H groups in total. The van der Waals surface area contributed by atoms with E-state index in [1.807, 2.05) is 0 Å². The van der Waals surface area contributed by atoms with Crippen molar-refractivity contribution in [3.63, 3.8) is 0 Å². The molecule has 0 bridgehead atoms.